The SMILES string of the molecule is CCC(C)C(NC(=O)C(Cc1ccccc1)NC(=O)C1CCCN1)C(=O)NC(C)C(=O)O. The van der Waals surface area contributed by atoms with Gasteiger partial charge in [-0.3, -0.25) is 19.2 Å². The summed E-state index contributed by atoms with van der Waals surface area (Å²) >= 11 is 0. The molecule has 0 aromatic heterocycles. The van der Waals surface area contributed by atoms with Crippen molar-refractivity contribution in [1.82, 2.24) is 21.3 Å². The van der Waals surface area contributed by atoms with Crippen LogP contribution in [0.25, 0.3) is 0 Å². The number of nitrogens with one attached hydrogen (secondary N) is 4. The lowest BCUT2D eigenvalue weighted by Gasteiger charge is -2.27. The third-order valence-electron chi connectivity index (χ3n) is 5.81. The maximum atomic E-state index is 13.2. The largest absolute Gasteiger partial charge is 0.480 e. The summed E-state index contributed by atoms with van der Waals surface area (Å²) in [6.07, 6.45) is 2.47. The monoisotopic (exact) mass is 446 g/mol. The van der Waals surface area contributed by atoms with Crippen LogP contribution in [0.15, 0.2) is 30.3 Å². The number of carboxylic acids is 1. The second kappa shape index (κ2) is 12.2. The van der Waals surface area contributed by atoms with Gasteiger partial charge in [-0.1, -0.05) is 50.6 Å². The highest BCUT2D eigenvalue weighted by molar-refractivity contribution is 5.94. The van der Waals surface area contributed by atoms with Gasteiger partial charge in [0, 0.05) is 6.42 Å². The van der Waals surface area contributed by atoms with Gasteiger partial charge in [-0.2, -0.15) is 0 Å². The molecule has 9 heteroatoms. The Hall–Kier alpha value is -2.94. The van der Waals surface area contributed by atoms with Crippen LogP contribution in [-0.2, 0) is 25.6 Å². The predicted molar refractivity (Wildman–Crippen MR) is 120 cm³/mol. The Morgan fingerprint density at radius 2 is 1.75 bits per heavy atom. The van der Waals surface area contributed by atoms with Gasteiger partial charge < -0.3 is 26.4 Å². The van der Waals surface area contributed by atoms with Gasteiger partial charge in [0.25, 0.3) is 0 Å². The Balaban J connectivity index is 2.17. The zero-order valence-electron chi connectivity index (χ0n) is 18.9. The molecule has 1 fully saturated rings. The molecule has 2 rings (SSSR count). The van der Waals surface area contributed by atoms with Crippen molar-refractivity contribution in [3.63, 3.8) is 0 Å². The van der Waals surface area contributed by atoms with Crippen molar-refractivity contribution >= 4 is 23.7 Å². The number of carbonyl (C=O) groups excluding carboxylic acids is 3. The number of benzene rings is 1. The summed E-state index contributed by atoms with van der Waals surface area (Å²) in [6, 6.07) is 6.09. The van der Waals surface area contributed by atoms with Gasteiger partial charge in [-0.25, -0.2) is 0 Å². The molecular formula is C23H34N4O5. The number of carbonyl (C=O) groups is 4. The summed E-state index contributed by atoms with van der Waals surface area (Å²) < 4.78 is 0. The fourth-order valence-electron chi connectivity index (χ4n) is 3.56. The minimum Gasteiger partial charge on any atom is -0.480 e. The first-order valence-electron chi connectivity index (χ1n) is 11.1. The normalized spacial score (nSPS) is 19.3. The summed E-state index contributed by atoms with van der Waals surface area (Å²) in [4.78, 5) is 49.7. The molecule has 176 valence electrons. The Morgan fingerprint density at radius 3 is 2.31 bits per heavy atom. The van der Waals surface area contributed by atoms with Gasteiger partial charge in [0.1, 0.15) is 18.1 Å². The van der Waals surface area contributed by atoms with Crippen LogP contribution < -0.4 is 21.3 Å². The van der Waals surface area contributed by atoms with E-state index in [-0.39, 0.29) is 24.3 Å². The van der Waals surface area contributed by atoms with Crippen LogP contribution >= 0.6 is 0 Å². The van der Waals surface area contributed by atoms with E-state index in [2.05, 4.69) is 21.3 Å². The predicted octanol–water partition coefficient (Wildman–Crippen LogP) is 0.586. The van der Waals surface area contributed by atoms with Crippen LogP contribution in [0.4, 0.5) is 0 Å². The quantitative estimate of drug-likeness (QED) is 0.337. The van der Waals surface area contributed by atoms with E-state index in [9.17, 15) is 19.2 Å². The summed E-state index contributed by atoms with van der Waals surface area (Å²) in [7, 11) is 0. The van der Waals surface area contributed by atoms with Crippen LogP contribution in [0.5, 0.6) is 0 Å². The Bertz CT molecular complexity index is 795. The minimum absolute atomic E-state index is 0.232. The summed E-state index contributed by atoms with van der Waals surface area (Å²) in [5.74, 6) is -2.69. The highest BCUT2D eigenvalue weighted by Crippen LogP contribution is 2.11. The van der Waals surface area contributed by atoms with Crippen LogP contribution in [0, 0.1) is 5.92 Å². The molecule has 1 heterocycles. The van der Waals surface area contributed by atoms with E-state index in [4.69, 9.17) is 5.11 Å². The molecule has 5 N–H and O–H groups in total. The summed E-state index contributed by atoms with van der Waals surface area (Å²) in [5, 5.41) is 20.2. The maximum absolute atomic E-state index is 13.2. The third kappa shape index (κ3) is 7.33. The average molecular weight is 447 g/mol. The van der Waals surface area contributed by atoms with Crippen LogP contribution in [0.3, 0.4) is 0 Å². The van der Waals surface area contributed by atoms with Crippen molar-refractivity contribution in [2.75, 3.05) is 6.54 Å². The molecule has 0 bridgehead atoms. The summed E-state index contributed by atoms with van der Waals surface area (Å²) in [6.45, 7) is 5.81. The number of carboxylic acid groups (broad SMARTS) is 1. The number of aliphatic carboxylic acids is 1. The molecule has 1 aliphatic rings. The van der Waals surface area contributed by atoms with Gasteiger partial charge >= 0.3 is 5.97 Å². The Morgan fingerprint density at radius 1 is 1.06 bits per heavy atom. The van der Waals surface area contributed by atoms with E-state index >= 15 is 0 Å². The number of hydrogen-bond donors (Lipinski definition) is 5. The van der Waals surface area contributed by atoms with Crippen molar-refractivity contribution in [1.29, 1.82) is 0 Å². The van der Waals surface area contributed by atoms with Crippen molar-refractivity contribution < 1.29 is 24.3 Å². The second-order valence-corrected chi connectivity index (χ2v) is 8.34. The number of amides is 3. The number of rotatable bonds is 11. The first-order valence-corrected chi connectivity index (χ1v) is 11.1. The number of hydrogen-bond acceptors (Lipinski definition) is 5. The van der Waals surface area contributed by atoms with E-state index in [1.165, 1.54) is 6.92 Å². The molecule has 1 aromatic carbocycles. The van der Waals surface area contributed by atoms with E-state index < -0.39 is 35.9 Å². The van der Waals surface area contributed by atoms with E-state index in [1.807, 2.05) is 44.2 Å². The maximum Gasteiger partial charge on any atom is 0.325 e. The smallest absolute Gasteiger partial charge is 0.325 e. The molecule has 1 aliphatic heterocycles. The lowest BCUT2D eigenvalue weighted by Crippen LogP contribution is -2.58. The molecule has 0 saturated carbocycles. The molecule has 3 amide bonds. The average Bonchev–Trinajstić information content (AvgIpc) is 3.32. The van der Waals surface area contributed by atoms with E-state index in [0.717, 1.165) is 18.5 Å². The van der Waals surface area contributed by atoms with Crippen LogP contribution in [0.1, 0.15) is 45.6 Å². The van der Waals surface area contributed by atoms with Crippen molar-refractivity contribution in [3.8, 4) is 0 Å². The molecule has 5 atom stereocenters. The molecule has 32 heavy (non-hydrogen) atoms. The van der Waals surface area contributed by atoms with E-state index in [0.29, 0.717) is 12.8 Å². The molecule has 5 unspecified atom stereocenters. The lowest BCUT2D eigenvalue weighted by atomic mass is 9.96. The zero-order chi connectivity index (χ0) is 23.7. The Labute approximate surface area is 188 Å². The molecular weight excluding hydrogens is 412 g/mol. The van der Waals surface area contributed by atoms with Crippen molar-refractivity contribution in [2.45, 2.75) is 70.6 Å². The molecule has 9 nitrogen and oxygen atoms in total. The standard InChI is InChI=1S/C23H34N4O5/c1-4-14(2)19(22(30)25-15(3)23(31)32)27-21(29)18(13-16-9-6-5-7-10-16)26-20(28)17-11-8-12-24-17/h5-7,9-10,14-15,17-19,24H,4,8,11-13H2,1-3H3,(H,25,30)(H,26,28)(H,27,29)(H,31,32). The van der Waals surface area contributed by atoms with Gasteiger partial charge in [0.05, 0.1) is 6.04 Å². The van der Waals surface area contributed by atoms with Crippen LogP contribution in [0.2, 0.25) is 0 Å². The third-order valence-corrected chi connectivity index (χ3v) is 5.81. The van der Waals surface area contributed by atoms with Gasteiger partial charge in [-0.15, -0.1) is 0 Å². The van der Waals surface area contributed by atoms with Crippen molar-refractivity contribution in [2.24, 2.45) is 5.92 Å². The zero-order valence-corrected chi connectivity index (χ0v) is 18.9. The second-order valence-electron chi connectivity index (χ2n) is 8.34. The molecule has 1 aromatic rings. The molecule has 0 aliphatic carbocycles. The molecule has 0 radical (unpaired) electrons. The van der Waals surface area contributed by atoms with Gasteiger partial charge in [0.2, 0.25) is 17.7 Å². The molecule has 1 saturated heterocycles. The fraction of sp³-hybridized carbons (Fsp3) is 0.565. The lowest BCUT2D eigenvalue weighted by molar-refractivity contribution is -0.142. The van der Waals surface area contributed by atoms with Gasteiger partial charge in [-0.05, 0) is 37.8 Å². The van der Waals surface area contributed by atoms with Crippen molar-refractivity contribution in [3.05, 3.63) is 35.9 Å². The first-order chi connectivity index (χ1) is 15.2. The Kier molecular flexibility index (Phi) is 9.64. The fourth-order valence-corrected chi connectivity index (χ4v) is 3.56. The minimum atomic E-state index is -1.16. The topological polar surface area (TPSA) is 137 Å². The highest BCUT2D eigenvalue weighted by Gasteiger charge is 2.32. The summed E-state index contributed by atoms with van der Waals surface area (Å²) in [5.41, 5.74) is 0.872. The highest BCUT2D eigenvalue weighted by atomic mass is 16.4. The van der Waals surface area contributed by atoms with E-state index in [1.54, 1.807) is 0 Å². The van der Waals surface area contributed by atoms with Crippen LogP contribution in [-0.4, -0.2) is 59.5 Å². The first kappa shape index (κ1) is 25.3. The van der Waals surface area contributed by atoms with Gasteiger partial charge in [0.15, 0.2) is 0 Å². The molecule has 0 spiro atoms.